The van der Waals surface area contributed by atoms with Gasteiger partial charge < -0.3 is 10.2 Å². The molecule has 0 fully saturated rings. The molecule has 2 aromatic carbocycles. The second kappa shape index (κ2) is 7.48. The number of amides is 2. The van der Waals surface area contributed by atoms with E-state index in [2.05, 4.69) is 10.3 Å². The molecule has 0 aliphatic carbocycles. The van der Waals surface area contributed by atoms with E-state index in [0.717, 1.165) is 23.2 Å². The second-order valence-corrected chi connectivity index (χ2v) is 7.24. The minimum absolute atomic E-state index is 0.189. The third kappa shape index (κ3) is 3.12. The molecule has 0 bridgehead atoms. The highest BCUT2D eigenvalue weighted by molar-refractivity contribution is 6.11. The van der Waals surface area contributed by atoms with Crippen molar-refractivity contribution in [2.24, 2.45) is 0 Å². The van der Waals surface area contributed by atoms with E-state index >= 15 is 0 Å². The number of hydrogen-bond acceptors (Lipinski definition) is 3. The van der Waals surface area contributed by atoms with Crippen molar-refractivity contribution in [2.75, 3.05) is 11.4 Å². The van der Waals surface area contributed by atoms with Gasteiger partial charge in [0.2, 0.25) is 5.82 Å². The molecule has 2 aromatic heterocycles. The van der Waals surface area contributed by atoms with Crippen LogP contribution in [0.2, 0.25) is 0 Å². The number of pyridine rings is 1. The maximum absolute atomic E-state index is 13.4. The van der Waals surface area contributed by atoms with Crippen LogP contribution >= 0.6 is 0 Å². The average Bonchev–Trinajstić information content (AvgIpc) is 3.40. The molecule has 1 aliphatic heterocycles. The van der Waals surface area contributed by atoms with E-state index in [1.807, 2.05) is 72.8 Å². The Bertz CT molecular complexity index is 1250. The molecule has 4 aromatic rings. The number of anilines is 1. The first-order chi connectivity index (χ1) is 14.7. The molecule has 30 heavy (non-hydrogen) atoms. The van der Waals surface area contributed by atoms with Gasteiger partial charge in [-0.1, -0.05) is 54.6 Å². The number of imidazole rings is 1. The summed E-state index contributed by atoms with van der Waals surface area (Å²) in [5, 5.41) is 2.90. The molecule has 0 radical (unpaired) electrons. The number of para-hydroxylation sites is 1. The Labute approximate surface area is 173 Å². The van der Waals surface area contributed by atoms with Crippen LogP contribution in [0.4, 0.5) is 5.69 Å². The molecule has 6 heteroatoms. The topological polar surface area (TPSA) is 66.7 Å². The van der Waals surface area contributed by atoms with E-state index in [9.17, 15) is 9.59 Å². The molecule has 0 saturated heterocycles. The Hall–Kier alpha value is -3.93. The third-order valence-corrected chi connectivity index (χ3v) is 5.38. The van der Waals surface area contributed by atoms with E-state index in [1.54, 1.807) is 15.5 Å². The summed E-state index contributed by atoms with van der Waals surface area (Å²) in [7, 11) is 0. The van der Waals surface area contributed by atoms with E-state index in [4.69, 9.17) is 0 Å². The van der Waals surface area contributed by atoms with Crippen LogP contribution < -0.4 is 10.2 Å². The van der Waals surface area contributed by atoms with Crippen LogP contribution in [0.1, 0.15) is 32.2 Å². The SMILES string of the molecule is O=C(NCc1ccccc1)c1nc(C(=O)N2CCc3ccccc32)c2ccccn12. The van der Waals surface area contributed by atoms with Crippen molar-refractivity contribution in [1.82, 2.24) is 14.7 Å². The summed E-state index contributed by atoms with van der Waals surface area (Å²) in [5.74, 6) is -0.302. The monoisotopic (exact) mass is 396 g/mol. The summed E-state index contributed by atoms with van der Waals surface area (Å²) in [6.45, 7) is 1.00. The van der Waals surface area contributed by atoms with Gasteiger partial charge in [0, 0.05) is 25.0 Å². The molecule has 0 spiro atoms. The predicted octanol–water partition coefficient (Wildman–Crippen LogP) is 3.47. The number of nitrogens with one attached hydrogen (secondary N) is 1. The molecule has 5 rings (SSSR count). The largest absolute Gasteiger partial charge is 0.345 e. The first-order valence-corrected chi connectivity index (χ1v) is 9.91. The molecule has 148 valence electrons. The van der Waals surface area contributed by atoms with Gasteiger partial charge in [0.05, 0.1) is 5.52 Å². The van der Waals surface area contributed by atoms with Crippen molar-refractivity contribution < 1.29 is 9.59 Å². The fraction of sp³-hybridized carbons (Fsp3) is 0.125. The number of fused-ring (bicyclic) bond motifs is 2. The lowest BCUT2D eigenvalue weighted by molar-refractivity contribution is 0.0940. The van der Waals surface area contributed by atoms with Crippen LogP contribution in [0.3, 0.4) is 0 Å². The normalized spacial score (nSPS) is 12.7. The smallest absolute Gasteiger partial charge is 0.287 e. The minimum Gasteiger partial charge on any atom is -0.345 e. The Balaban J connectivity index is 1.47. The molecule has 2 amide bonds. The summed E-state index contributed by atoms with van der Waals surface area (Å²) in [6.07, 6.45) is 2.58. The van der Waals surface area contributed by atoms with Crippen LogP contribution in [0.25, 0.3) is 5.52 Å². The van der Waals surface area contributed by atoms with Gasteiger partial charge >= 0.3 is 0 Å². The highest BCUT2D eigenvalue weighted by atomic mass is 16.2. The van der Waals surface area contributed by atoms with Gasteiger partial charge in [0.25, 0.3) is 11.8 Å². The number of benzene rings is 2. The van der Waals surface area contributed by atoms with Gasteiger partial charge in [0.1, 0.15) is 0 Å². The summed E-state index contributed by atoms with van der Waals surface area (Å²) in [5.41, 5.74) is 3.97. The first kappa shape index (κ1) is 18.1. The zero-order valence-electron chi connectivity index (χ0n) is 16.3. The lowest BCUT2D eigenvalue weighted by Gasteiger charge is -2.16. The molecule has 0 saturated carbocycles. The minimum atomic E-state index is -0.319. The third-order valence-electron chi connectivity index (χ3n) is 5.38. The maximum atomic E-state index is 13.4. The lowest BCUT2D eigenvalue weighted by atomic mass is 10.2. The Morgan fingerprint density at radius 2 is 1.70 bits per heavy atom. The average molecular weight is 396 g/mol. The van der Waals surface area contributed by atoms with Crippen LogP contribution in [-0.2, 0) is 13.0 Å². The summed E-state index contributed by atoms with van der Waals surface area (Å²) < 4.78 is 1.68. The predicted molar refractivity (Wildman–Crippen MR) is 115 cm³/mol. The highest BCUT2D eigenvalue weighted by Crippen LogP contribution is 2.29. The van der Waals surface area contributed by atoms with Crippen molar-refractivity contribution in [3.63, 3.8) is 0 Å². The number of aromatic nitrogens is 2. The van der Waals surface area contributed by atoms with E-state index in [1.165, 1.54) is 0 Å². The Kier molecular flexibility index (Phi) is 4.52. The second-order valence-electron chi connectivity index (χ2n) is 7.24. The molecular formula is C24H20N4O2. The number of carbonyl (C=O) groups is 2. The van der Waals surface area contributed by atoms with Crippen molar-refractivity contribution >= 4 is 23.0 Å². The van der Waals surface area contributed by atoms with Gasteiger partial charge in [-0.05, 0) is 35.7 Å². The maximum Gasteiger partial charge on any atom is 0.287 e. The van der Waals surface area contributed by atoms with Crippen molar-refractivity contribution in [3.05, 3.63) is 102 Å². The molecule has 0 unspecified atom stereocenters. The fourth-order valence-electron chi connectivity index (χ4n) is 3.89. The van der Waals surface area contributed by atoms with Crippen molar-refractivity contribution in [1.29, 1.82) is 0 Å². The summed E-state index contributed by atoms with van der Waals surface area (Å²) in [4.78, 5) is 32.5. The van der Waals surface area contributed by atoms with Gasteiger partial charge in [-0.25, -0.2) is 4.98 Å². The first-order valence-electron chi connectivity index (χ1n) is 9.91. The van der Waals surface area contributed by atoms with Crippen LogP contribution in [0, 0.1) is 0 Å². The van der Waals surface area contributed by atoms with Gasteiger partial charge in [0.15, 0.2) is 5.69 Å². The molecular weight excluding hydrogens is 376 g/mol. The highest BCUT2D eigenvalue weighted by Gasteiger charge is 2.29. The van der Waals surface area contributed by atoms with Crippen LogP contribution in [0.5, 0.6) is 0 Å². The van der Waals surface area contributed by atoms with Gasteiger partial charge in [-0.15, -0.1) is 0 Å². The Morgan fingerprint density at radius 1 is 0.933 bits per heavy atom. The zero-order chi connectivity index (χ0) is 20.5. The lowest BCUT2D eigenvalue weighted by Crippen LogP contribution is -2.29. The molecule has 1 aliphatic rings. The zero-order valence-corrected chi connectivity index (χ0v) is 16.3. The summed E-state index contributed by atoms with van der Waals surface area (Å²) in [6, 6.07) is 23.1. The molecule has 0 atom stereocenters. The van der Waals surface area contributed by atoms with E-state index in [-0.39, 0.29) is 23.3 Å². The van der Waals surface area contributed by atoms with Gasteiger partial charge in [-0.2, -0.15) is 0 Å². The number of carbonyl (C=O) groups excluding carboxylic acids is 2. The Morgan fingerprint density at radius 3 is 2.57 bits per heavy atom. The quantitative estimate of drug-likeness (QED) is 0.574. The summed E-state index contributed by atoms with van der Waals surface area (Å²) >= 11 is 0. The molecule has 1 N–H and O–H groups in total. The van der Waals surface area contributed by atoms with E-state index in [0.29, 0.717) is 18.6 Å². The van der Waals surface area contributed by atoms with Crippen LogP contribution in [-0.4, -0.2) is 27.7 Å². The fourth-order valence-corrected chi connectivity index (χ4v) is 3.89. The number of rotatable bonds is 4. The van der Waals surface area contributed by atoms with Crippen LogP contribution in [0.15, 0.2) is 79.0 Å². The van der Waals surface area contributed by atoms with Crippen molar-refractivity contribution in [2.45, 2.75) is 13.0 Å². The van der Waals surface area contributed by atoms with E-state index < -0.39 is 0 Å². The number of hydrogen-bond donors (Lipinski definition) is 1. The van der Waals surface area contributed by atoms with Crippen molar-refractivity contribution in [3.8, 4) is 0 Å². The number of nitrogens with zero attached hydrogens (tertiary/aromatic N) is 3. The molecule has 3 heterocycles. The molecule has 6 nitrogen and oxygen atoms in total. The standard InChI is InChI=1S/C24H20N4O2/c29-23(25-16-17-8-2-1-3-9-17)22-26-21(20-12-6-7-14-27(20)22)24(30)28-15-13-18-10-4-5-11-19(18)28/h1-12,14H,13,15-16H2,(H,25,29). The van der Waals surface area contributed by atoms with Gasteiger partial charge in [-0.3, -0.25) is 14.0 Å².